The Morgan fingerprint density at radius 1 is 1.33 bits per heavy atom. The summed E-state index contributed by atoms with van der Waals surface area (Å²) in [5.74, 6) is 0.807. The first-order valence-electron chi connectivity index (χ1n) is 6.86. The third-order valence-corrected chi connectivity index (χ3v) is 6.70. The van der Waals surface area contributed by atoms with E-state index in [9.17, 15) is 13.5 Å². The van der Waals surface area contributed by atoms with E-state index < -0.39 is 10.0 Å². The molecule has 0 saturated carbocycles. The average molecular weight is 352 g/mol. The third kappa shape index (κ3) is 3.37. The maximum atomic E-state index is 12.7. The van der Waals surface area contributed by atoms with Crippen LogP contribution in [0.15, 0.2) is 17.0 Å². The van der Waals surface area contributed by atoms with Gasteiger partial charge >= 0.3 is 0 Å². The molecule has 2 rings (SSSR count). The van der Waals surface area contributed by atoms with Gasteiger partial charge in [0.2, 0.25) is 10.0 Å². The van der Waals surface area contributed by atoms with Crippen molar-refractivity contribution in [2.45, 2.75) is 31.8 Å². The van der Waals surface area contributed by atoms with Crippen molar-refractivity contribution in [2.75, 3.05) is 13.1 Å². The topological polar surface area (TPSA) is 57.6 Å². The van der Waals surface area contributed by atoms with Gasteiger partial charge in [-0.3, -0.25) is 0 Å². The molecular weight excluding hydrogens is 333 g/mol. The smallest absolute Gasteiger partial charge is 0.244 e. The lowest BCUT2D eigenvalue weighted by atomic mass is 9.96. The molecule has 1 atom stereocenters. The minimum absolute atomic E-state index is 0.0158. The van der Waals surface area contributed by atoms with E-state index in [-0.39, 0.29) is 21.5 Å². The first-order chi connectivity index (χ1) is 9.77. The van der Waals surface area contributed by atoms with E-state index in [0.29, 0.717) is 30.5 Å². The molecule has 4 nitrogen and oxygen atoms in total. The molecule has 118 valence electrons. The number of benzene rings is 1. The highest BCUT2D eigenvalue weighted by Gasteiger charge is 2.35. The van der Waals surface area contributed by atoms with Gasteiger partial charge in [-0.2, -0.15) is 4.31 Å². The number of nitrogens with zero attached hydrogens (tertiary/aromatic N) is 1. The SMILES string of the molecule is CC(C)C1CCN(S(=O)(=O)c2cc(CO)c(Cl)cc2Cl)C1. The van der Waals surface area contributed by atoms with Crippen LogP contribution in [-0.4, -0.2) is 30.9 Å². The Hall–Kier alpha value is -0.330. The van der Waals surface area contributed by atoms with Gasteiger partial charge in [-0.1, -0.05) is 37.0 Å². The van der Waals surface area contributed by atoms with Crippen LogP contribution in [0.4, 0.5) is 0 Å². The van der Waals surface area contributed by atoms with Crippen LogP contribution >= 0.6 is 23.2 Å². The van der Waals surface area contributed by atoms with Gasteiger partial charge < -0.3 is 5.11 Å². The lowest BCUT2D eigenvalue weighted by Crippen LogP contribution is -2.29. The summed E-state index contributed by atoms with van der Waals surface area (Å²) in [6.07, 6.45) is 0.856. The fourth-order valence-electron chi connectivity index (χ4n) is 2.55. The van der Waals surface area contributed by atoms with Crippen LogP contribution in [0, 0.1) is 11.8 Å². The van der Waals surface area contributed by atoms with E-state index in [1.807, 2.05) is 0 Å². The molecule has 1 saturated heterocycles. The molecular formula is C14H19Cl2NO3S. The molecule has 1 aromatic carbocycles. The van der Waals surface area contributed by atoms with E-state index in [1.54, 1.807) is 0 Å². The summed E-state index contributed by atoms with van der Waals surface area (Å²) in [6.45, 7) is 4.87. The van der Waals surface area contributed by atoms with Gasteiger partial charge in [0.1, 0.15) is 4.90 Å². The number of hydrogen-bond donors (Lipinski definition) is 1. The number of hydrogen-bond acceptors (Lipinski definition) is 3. The van der Waals surface area contributed by atoms with E-state index in [4.69, 9.17) is 23.2 Å². The first kappa shape index (κ1) is 17.0. The van der Waals surface area contributed by atoms with Crippen LogP contribution in [0.3, 0.4) is 0 Å². The lowest BCUT2D eigenvalue weighted by Gasteiger charge is -2.19. The number of sulfonamides is 1. The third-order valence-electron chi connectivity index (χ3n) is 4.02. The zero-order valence-corrected chi connectivity index (χ0v) is 14.3. The zero-order chi connectivity index (χ0) is 15.8. The average Bonchev–Trinajstić information content (AvgIpc) is 2.89. The van der Waals surface area contributed by atoms with Gasteiger partial charge in [-0.25, -0.2) is 8.42 Å². The standard InChI is InChI=1S/C14H19Cl2NO3S/c1-9(2)10-3-4-17(7-10)21(19,20)14-5-11(8-18)12(15)6-13(14)16/h5-6,9-10,18H,3-4,7-8H2,1-2H3. The second-order valence-corrected chi connectivity index (χ2v) is 8.41. The van der Waals surface area contributed by atoms with Crippen molar-refractivity contribution in [2.24, 2.45) is 11.8 Å². The van der Waals surface area contributed by atoms with Crippen molar-refractivity contribution in [3.8, 4) is 0 Å². The van der Waals surface area contributed by atoms with Gasteiger partial charge in [0.15, 0.2) is 0 Å². The fraction of sp³-hybridized carbons (Fsp3) is 0.571. The maximum Gasteiger partial charge on any atom is 0.244 e. The quantitative estimate of drug-likeness (QED) is 0.906. The van der Waals surface area contributed by atoms with Crippen LogP contribution in [0.5, 0.6) is 0 Å². The van der Waals surface area contributed by atoms with Gasteiger partial charge in [0, 0.05) is 18.1 Å². The van der Waals surface area contributed by atoms with Crippen molar-refractivity contribution in [3.05, 3.63) is 27.7 Å². The van der Waals surface area contributed by atoms with Crippen molar-refractivity contribution in [1.82, 2.24) is 4.31 Å². The highest BCUT2D eigenvalue weighted by Crippen LogP contribution is 2.34. The largest absolute Gasteiger partial charge is 0.392 e. The molecule has 0 aromatic heterocycles. The zero-order valence-electron chi connectivity index (χ0n) is 12.0. The summed E-state index contributed by atoms with van der Waals surface area (Å²) in [5, 5.41) is 9.60. The molecule has 1 N–H and O–H groups in total. The minimum atomic E-state index is -3.65. The highest BCUT2D eigenvalue weighted by atomic mass is 35.5. The number of rotatable bonds is 4. The summed E-state index contributed by atoms with van der Waals surface area (Å²) in [6, 6.07) is 2.74. The van der Waals surface area contributed by atoms with Crippen LogP contribution in [0.2, 0.25) is 10.0 Å². The fourth-order valence-corrected chi connectivity index (χ4v) is 4.89. The molecule has 1 unspecified atom stereocenters. The second kappa shape index (κ2) is 6.42. The molecule has 7 heteroatoms. The number of aliphatic hydroxyl groups is 1. The Morgan fingerprint density at radius 3 is 2.52 bits per heavy atom. The molecule has 21 heavy (non-hydrogen) atoms. The Balaban J connectivity index is 2.37. The Bertz CT molecular complexity index is 631. The summed E-state index contributed by atoms with van der Waals surface area (Å²) < 4.78 is 26.9. The van der Waals surface area contributed by atoms with Gasteiger partial charge in [0.05, 0.1) is 11.6 Å². The monoisotopic (exact) mass is 351 g/mol. The summed E-state index contributed by atoms with van der Waals surface area (Å²) in [5.41, 5.74) is 0.360. The van der Waals surface area contributed by atoms with Crippen molar-refractivity contribution in [1.29, 1.82) is 0 Å². The molecule has 0 spiro atoms. The van der Waals surface area contributed by atoms with Gasteiger partial charge in [-0.05, 0) is 36.0 Å². The van der Waals surface area contributed by atoms with E-state index >= 15 is 0 Å². The summed E-state index contributed by atoms with van der Waals surface area (Å²) >= 11 is 12.0. The molecule has 0 bridgehead atoms. The van der Waals surface area contributed by atoms with Crippen molar-refractivity contribution < 1.29 is 13.5 Å². The normalized spacial score (nSPS) is 20.4. The van der Waals surface area contributed by atoms with Crippen LogP contribution in [0.25, 0.3) is 0 Å². The van der Waals surface area contributed by atoms with Crippen LogP contribution in [0.1, 0.15) is 25.8 Å². The number of halogens is 2. The summed E-state index contributed by atoms with van der Waals surface area (Å²) in [7, 11) is -3.65. The molecule has 1 heterocycles. The van der Waals surface area contributed by atoms with Crippen molar-refractivity contribution >= 4 is 33.2 Å². The first-order valence-corrected chi connectivity index (χ1v) is 9.06. The molecule has 1 aromatic rings. The second-order valence-electron chi connectivity index (χ2n) is 5.69. The Labute approximate surface area is 135 Å². The van der Waals surface area contributed by atoms with Crippen LogP contribution < -0.4 is 0 Å². The predicted molar refractivity (Wildman–Crippen MR) is 84.1 cm³/mol. The van der Waals surface area contributed by atoms with Gasteiger partial charge in [-0.15, -0.1) is 0 Å². The molecule has 0 amide bonds. The lowest BCUT2D eigenvalue weighted by molar-refractivity contribution is 0.281. The predicted octanol–water partition coefficient (Wildman–Crippen LogP) is 3.15. The maximum absolute atomic E-state index is 12.7. The molecule has 0 radical (unpaired) electrons. The molecule has 1 fully saturated rings. The Morgan fingerprint density at radius 2 is 2.00 bits per heavy atom. The van der Waals surface area contributed by atoms with Crippen molar-refractivity contribution in [3.63, 3.8) is 0 Å². The minimum Gasteiger partial charge on any atom is -0.392 e. The molecule has 1 aliphatic heterocycles. The molecule has 1 aliphatic rings. The highest BCUT2D eigenvalue weighted by molar-refractivity contribution is 7.89. The van der Waals surface area contributed by atoms with Crippen LogP contribution in [-0.2, 0) is 16.6 Å². The Kier molecular flexibility index (Phi) is 5.21. The van der Waals surface area contributed by atoms with E-state index in [0.717, 1.165) is 6.42 Å². The van der Waals surface area contributed by atoms with E-state index in [2.05, 4.69) is 13.8 Å². The van der Waals surface area contributed by atoms with Gasteiger partial charge in [0.25, 0.3) is 0 Å². The summed E-state index contributed by atoms with van der Waals surface area (Å²) in [4.78, 5) is 0.0158. The van der Waals surface area contributed by atoms with E-state index in [1.165, 1.54) is 16.4 Å². The number of aliphatic hydroxyl groups excluding tert-OH is 1. The molecule has 0 aliphatic carbocycles.